The van der Waals surface area contributed by atoms with Gasteiger partial charge in [-0.1, -0.05) is 54.1 Å². The first-order valence-electron chi connectivity index (χ1n) is 11.6. The van der Waals surface area contributed by atoms with Gasteiger partial charge in [0.15, 0.2) is 0 Å². The van der Waals surface area contributed by atoms with Gasteiger partial charge in [0.25, 0.3) is 0 Å². The number of benzene rings is 2. The fourth-order valence-electron chi connectivity index (χ4n) is 4.75. The molecule has 1 aliphatic rings. The summed E-state index contributed by atoms with van der Waals surface area (Å²) >= 11 is 0. The summed E-state index contributed by atoms with van der Waals surface area (Å²) in [5.41, 5.74) is 4.85. The highest BCUT2D eigenvalue weighted by Crippen LogP contribution is 2.36. The first-order valence-corrected chi connectivity index (χ1v) is 11.6. The summed E-state index contributed by atoms with van der Waals surface area (Å²) in [6, 6.07) is 20.4. The highest BCUT2D eigenvalue weighted by Gasteiger charge is 2.45. The highest BCUT2D eigenvalue weighted by molar-refractivity contribution is 5.86. The van der Waals surface area contributed by atoms with Gasteiger partial charge in [-0.2, -0.15) is 0 Å². The van der Waals surface area contributed by atoms with E-state index in [0.717, 1.165) is 27.8 Å². The lowest BCUT2D eigenvalue weighted by molar-refractivity contribution is -0.132. The second-order valence-electron chi connectivity index (χ2n) is 8.98. The Morgan fingerprint density at radius 1 is 1.00 bits per heavy atom. The minimum absolute atomic E-state index is 0.0326. The van der Waals surface area contributed by atoms with Crippen LogP contribution in [-0.4, -0.2) is 41.3 Å². The number of nitrogens with zero attached hydrogens (tertiary/aromatic N) is 2. The van der Waals surface area contributed by atoms with E-state index in [1.54, 1.807) is 12.4 Å². The summed E-state index contributed by atoms with van der Waals surface area (Å²) in [5, 5.41) is 3.03. The molecule has 2 amide bonds. The monoisotopic (exact) mass is 441 g/mol. The van der Waals surface area contributed by atoms with Crippen molar-refractivity contribution in [2.24, 2.45) is 5.41 Å². The number of carbonyl (C=O) groups excluding carboxylic acids is 2. The zero-order valence-corrected chi connectivity index (χ0v) is 19.4. The van der Waals surface area contributed by atoms with E-state index >= 15 is 0 Å². The number of likely N-dealkylation sites (tertiary alicyclic amines) is 1. The Hall–Kier alpha value is -3.47. The summed E-state index contributed by atoms with van der Waals surface area (Å²) in [5.74, 6) is 0.113. The third-order valence-electron chi connectivity index (χ3n) is 6.45. The van der Waals surface area contributed by atoms with Crippen LogP contribution < -0.4 is 5.32 Å². The van der Waals surface area contributed by atoms with E-state index in [4.69, 9.17) is 0 Å². The van der Waals surface area contributed by atoms with Gasteiger partial charge in [0.05, 0.1) is 11.8 Å². The first-order chi connectivity index (χ1) is 16.0. The number of aromatic nitrogens is 1. The highest BCUT2D eigenvalue weighted by atomic mass is 16.2. The van der Waals surface area contributed by atoms with E-state index in [9.17, 15) is 9.59 Å². The van der Waals surface area contributed by atoms with Gasteiger partial charge in [0, 0.05) is 32.0 Å². The SMILES string of the molecule is CCNC(=O)[C@@]1(Cc2cccc(-c3ccncc3)c2)CCN(C(=O)Cc2cccc(C)c2)C1. The van der Waals surface area contributed by atoms with Crippen LogP contribution in [0.4, 0.5) is 0 Å². The van der Waals surface area contributed by atoms with Gasteiger partial charge in [-0.3, -0.25) is 14.6 Å². The number of hydrogen-bond donors (Lipinski definition) is 1. The van der Waals surface area contributed by atoms with Gasteiger partial charge in [0.2, 0.25) is 11.8 Å². The molecule has 0 aliphatic carbocycles. The van der Waals surface area contributed by atoms with Crippen molar-refractivity contribution < 1.29 is 9.59 Å². The fraction of sp³-hybridized carbons (Fsp3) is 0.321. The number of amides is 2. The third kappa shape index (κ3) is 5.30. The van der Waals surface area contributed by atoms with Crippen molar-refractivity contribution in [1.82, 2.24) is 15.2 Å². The van der Waals surface area contributed by atoms with Crippen LogP contribution >= 0.6 is 0 Å². The molecule has 33 heavy (non-hydrogen) atoms. The molecule has 1 atom stereocenters. The molecule has 1 aromatic heterocycles. The summed E-state index contributed by atoms with van der Waals surface area (Å²) in [6.07, 6.45) is 5.20. The first kappa shape index (κ1) is 22.7. The molecule has 0 spiro atoms. The van der Waals surface area contributed by atoms with Gasteiger partial charge >= 0.3 is 0 Å². The van der Waals surface area contributed by atoms with Gasteiger partial charge in [-0.15, -0.1) is 0 Å². The maximum atomic E-state index is 13.2. The zero-order valence-electron chi connectivity index (χ0n) is 19.4. The second kappa shape index (κ2) is 9.99. The van der Waals surface area contributed by atoms with Gasteiger partial charge < -0.3 is 10.2 Å². The maximum Gasteiger partial charge on any atom is 0.228 e. The van der Waals surface area contributed by atoms with Crippen LogP contribution in [-0.2, 0) is 22.4 Å². The lowest BCUT2D eigenvalue weighted by Gasteiger charge is -2.28. The number of hydrogen-bond acceptors (Lipinski definition) is 3. The Kier molecular flexibility index (Phi) is 6.87. The van der Waals surface area contributed by atoms with Crippen molar-refractivity contribution in [1.29, 1.82) is 0 Å². The largest absolute Gasteiger partial charge is 0.356 e. The average Bonchev–Trinajstić information content (AvgIpc) is 3.25. The molecule has 4 rings (SSSR count). The number of aryl methyl sites for hydroxylation is 1. The van der Waals surface area contributed by atoms with Crippen molar-refractivity contribution >= 4 is 11.8 Å². The predicted molar refractivity (Wildman–Crippen MR) is 131 cm³/mol. The van der Waals surface area contributed by atoms with Crippen LogP contribution in [0.5, 0.6) is 0 Å². The van der Waals surface area contributed by atoms with E-state index in [0.29, 0.717) is 38.9 Å². The Labute approximate surface area is 195 Å². The smallest absolute Gasteiger partial charge is 0.228 e. The van der Waals surface area contributed by atoms with Crippen LogP contribution in [0.3, 0.4) is 0 Å². The van der Waals surface area contributed by atoms with Crippen molar-refractivity contribution in [3.63, 3.8) is 0 Å². The molecule has 2 heterocycles. The second-order valence-corrected chi connectivity index (χ2v) is 8.98. The molecule has 5 heteroatoms. The van der Waals surface area contributed by atoms with Gasteiger partial charge in [-0.25, -0.2) is 0 Å². The third-order valence-corrected chi connectivity index (χ3v) is 6.45. The van der Waals surface area contributed by atoms with Crippen molar-refractivity contribution in [2.45, 2.75) is 33.1 Å². The van der Waals surface area contributed by atoms with E-state index in [1.807, 2.05) is 55.1 Å². The normalized spacial score (nSPS) is 17.7. The Bertz CT molecular complexity index is 1130. The molecule has 0 radical (unpaired) electrons. The van der Waals surface area contributed by atoms with Crippen molar-refractivity contribution in [3.05, 3.63) is 89.7 Å². The summed E-state index contributed by atoms with van der Waals surface area (Å²) < 4.78 is 0. The Morgan fingerprint density at radius 2 is 1.76 bits per heavy atom. The minimum Gasteiger partial charge on any atom is -0.356 e. The minimum atomic E-state index is -0.616. The lowest BCUT2D eigenvalue weighted by Crippen LogP contribution is -2.45. The van der Waals surface area contributed by atoms with Crippen LogP contribution in [0.2, 0.25) is 0 Å². The van der Waals surface area contributed by atoms with E-state index < -0.39 is 5.41 Å². The standard InChI is InChI=1S/C28H31N3O2/c1-3-30-27(33)28(19-23-8-5-9-25(17-23)24-10-13-29-14-11-24)12-15-31(20-28)26(32)18-22-7-4-6-21(2)16-22/h4-11,13-14,16-17H,3,12,15,18-20H2,1-2H3,(H,30,33)/t28-/m1/s1. The summed E-state index contributed by atoms with van der Waals surface area (Å²) in [4.78, 5) is 32.3. The van der Waals surface area contributed by atoms with Crippen LogP contribution in [0, 0.1) is 12.3 Å². The van der Waals surface area contributed by atoms with E-state index in [2.05, 4.69) is 34.6 Å². The van der Waals surface area contributed by atoms with E-state index in [-0.39, 0.29) is 11.8 Å². The van der Waals surface area contributed by atoms with Crippen LogP contribution in [0.15, 0.2) is 73.1 Å². The van der Waals surface area contributed by atoms with Crippen molar-refractivity contribution in [3.8, 4) is 11.1 Å². The molecule has 0 unspecified atom stereocenters. The lowest BCUT2D eigenvalue weighted by atomic mass is 9.79. The quantitative estimate of drug-likeness (QED) is 0.598. The summed E-state index contributed by atoms with van der Waals surface area (Å²) in [7, 11) is 0. The van der Waals surface area contributed by atoms with Gasteiger partial charge in [-0.05, 0) is 61.1 Å². The molecule has 170 valence electrons. The molecule has 5 nitrogen and oxygen atoms in total. The van der Waals surface area contributed by atoms with Gasteiger partial charge in [0.1, 0.15) is 0 Å². The number of carbonyl (C=O) groups is 2. The predicted octanol–water partition coefficient (Wildman–Crippen LogP) is 4.20. The van der Waals surface area contributed by atoms with Crippen LogP contribution in [0.1, 0.15) is 30.0 Å². The molecule has 0 saturated carbocycles. The fourth-order valence-corrected chi connectivity index (χ4v) is 4.75. The number of nitrogens with one attached hydrogen (secondary N) is 1. The average molecular weight is 442 g/mol. The molecule has 1 aliphatic heterocycles. The molecular formula is C28H31N3O2. The van der Waals surface area contributed by atoms with Crippen LogP contribution in [0.25, 0.3) is 11.1 Å². The molecule has 1 fully saturated rings. The molecule has 2 aromatic carbocycles. The number of pyridine rings is 1. The molecule has 0 bridgehead atoms. The van der Waals surface area contributed by atoms with Crippen molar-refractivity contribution in [2.75, 3.05) is 19.6 Å². The molecule has 3 aromatic rings. The molecule has 1 N–H and O–H groups in total. The Balaban J connectivity index is 1.54. The summed E-state index contributed by atoms with van der Waals surface area (Å²) in [6.45, 7) is 5.60. The maximum absolute atomic E-state index is 13.2. The topological polar surface area (TPSA) is 62.3 Å². The molecular weight excluding hydrogens is 410 g/mol. The Morgan fingerprint density at radius 3 is 2.52 bits per heavy atom. The zero-order chi connectivity index (χ0) is 23.3. The number of rotatable bonds is 7. The van der Waals surface area contributed by atoms with E-state index in [1.165, 1.54) is 0 Å². The molecule has 1 saturated heterocycles.